The first kappa shape index (κ1) is 24.2. The van der Waals surface area contributed by atoms with Crippen molar-refractivity contribution in [1.82, 2.24) is 25.4 Å². The van der Waals surface area contributed by atoms with E-state index in [1.807, 2.05) is 13.0 Å². The highest BCUT2D eigenvalue weighted by Gasteiger charge is 2.34. The van der Waals surface area contributed by atoms with Crippen LogP contribution in [-0.4, -0.2) is 39.1 Å². The number of pyridine rings is 1. The number of halogens is 2. The van der Waals surface area contributed by atoms with E-state index >= 15 is 0 Å². The van der Waals surface area contributed by atoms with Crippen LogP contribution in [0.25, 0.3) is 0 Å². The van der Waals surface area contributed by atoms with E-state index in [0.717, 1.165) is 11.8 Å². The predicted octanol–water partition coefficient (Wildman–Crippen LogP) is 3.38. The first-order valence-electron chi connectivity index (χ1n) is 10.1. The van der Waals surface area contributed by atoms with Gasteiger partial charge in [0.1, 0.15) is 16.8 Å². The van der Waals surface area contributed by atoms with Crippen molar-refractivity contribution in [3.63, 3.8) is 0 Å². The monoisotopic (exact) mass is 476 g/mol. The van der Waals surface area contributed by atoms with Gasteiger partial charge in [-0.25, -0.2) is 23.4 Å². The van der Waals surface area contributed by atoms with Crippen molar-refractivity contribution in [2.45, 2.75) is 44.8 Å². The molecule has 0 saturated heterocycles. The van der Waals surface area contributed by atoms with Crippen LogP contribution < -0.4 is 10.6 Å². The Kier molecular flexibility index (Phi) is 7.65. The molecule has 174 valence electrons. The van der Waals surface area contributed by atoms with Crippen LogP contribution in [-0.2, 0) is 16.1 Å². The van der Waals surface area contributed by atoms with Crippen LogP contribution in [0.2, 0.25) is 0 Å². The minimum absolute atomic E-state index is 0.00616. The molecule has 3 rings (SSSR count). The van der Waals surface area contributed by atoms with E-state index < -0.39 is 30.2 Å². The zero-order chi connectivity index (χ0) is 24.1. The number of carbonyl (C=O) groups excluding carboxylic acids is 2. The Bertz CT molecular complexity index is 1140. The number of urea groups is 1. The molecule has 0 bridgehead atoms. The maximum absolute atomic E-state index is 13.2. The van der Waals surface area contributed by atoms with Gasteiger partial charge < -0.3 is 15.4 Å². The molecule has 0 saturated carbocycles. The average Bonchev–Trinajstić information content (AvgIpc) is 3.26. The molecule has 2 aromatic heterocycles. The number of nitrogens with one attached hydrogen (secondary N) is 2. The van der Waals surface area contributed by atoms with Crippen LogP contribution in [0.1, 0.15) is 48.7 Å². The van der Waals surface area contributed by atoms with Crippen LogP contribution in [0.4, 0.5) is 13.6 Å². The molecule has 1 unspecified atom stereocenters. The second kappa shape index (κ2) is 10.4. The molecule has 1 aliphatic rings. The number of hydrogen-bond donors (Lipinski definition) is 2. The Balaban J connectivity index is 2.02. The average molecular weight is 477 g/mol. The molecule has 0 spiro atoms. The van der Waals surface area contributed by atoms with Gasteiger partial charge in [0.25, 0.3) is 6.43 Å². The molecule has 0 aliphatic carbocycles. The fourth-order valence-corrected chi connectivity index (χ4v) is 4.32. The maximum atomic E-state index is 13.2. The van der Waals surface area contributed by atoms with Crippen LogP contribution in [0.3, 0.4) is 0 Å². The molecular weight excluding hydrogens is 454 g/mol. The summed E-state index contributed by atoms with van der Waals surface area (Å²) >= 11 is 0.976. The second-order valence-electron chi connectivity index (χ2n) is 7.02. The van der Waals surface area contributed by atoms with Gasteiger partial charge in [-0.05, 0) is 32.4 Å². The summed E-state index contributed by atoms with van der Waals surface area (Å²) in [5, 5.41) is 19.1. The van der Waals surface area contributed by atoms with Gasteiger partial charge in [-0.1, -0.05) is 11.8 Å². The number of aryl methyl sites for hydroxylation is 2. The van der Waals surface area contributed by atoms with Crippen molar-refractivity contribution < 1.29 is 23.1 Å². The Hall–Kier alpha value is -3.46. The van der Waals surface area contributed by atoms with Crippen LogP contribution in [0, 0.1) is 18.3 Å². The van der Waals surface area contributed by atoms with E-state index in [1.165, 1.54) is 6.07 Å². The van der Waals surface area contributed by atoms with E-state index in [1.54, 1.807) is 30.9 Å². The highest BCUT2D eigenvalue weighted by Crippen LogP contribution is 2.32. The summed E-state index contributed by atoms with van der Waals surface area (Å²) in [6.45, 7) is 5.83. The summed E-state index contributed by atoms with van der Waals surface area (Å²) in [5.74, 6) is -0.644. The van der Waals surface area contributed by atoms with Gasteiger partial charge in [0.2, 0.25) is 0 Å². The van der Waals surface area contributed by atoms with E-state index in [0.29, 0.717) is 17.7 Å². The van der Waals surface area contributed by atoms with Gasteiger partial charge in [0, 0.05) is 29.8 Å². The van der Waals surface area contributed by atoms with Crippen molar-refractivity contribution >= 4 is 23.8 Å². The topological polar surface area (TPSA) is 122 Å². The maximum Gasteiger partial charge on any atom is 0.338 e. The van der Waals surface area contributed by atoms with Crippen molar-refractivity contribution in [1.29, 1.82) is 5.26 Å². The molecule has 0 radical (unpaired) electrons. The summed E-state index contributed by atoms with van der Waals surface area (Å²) in [7, 11) is 0. The number of rotatable bonds is 8. The quantitative estimate of drug-likeness (QED) is 0.442. The van der Waals surface area contributed by atoms with Gasteiger partial charge in [-0.15, -0.1) is 0 Å². The van der Waals surface area contributed by atoms with Gasteiger partial charge in [-0.2, -0.15) is 10.4 Å². The molecular formula is C21H22F2N6O3S. The largest absolute Gasteiger partial charge is 0.463 e. The van der Waals surface area contributed by atoms with Gasteiger partial charge in [0.15, 0.2) is 0 Å². The number of aromatic nitrogens is 3. The lowest BCUT2D eigenvalue weighted by atomic mass is 9.98. The minimum atomic E-state index is -2.80. The SMILES string of the molecule is CCOC(=O)C1=C(CSc2nc(C(F)F)cc(C)c2C#N)NC(=O)NC1c1cnn(CC)c1. The number of nitrogens with zero attached hydrogens (tertiary/aromatic N) is 4. The summed E-state index contributed by atoms with van der Waals surface area (Å²) in [6.07, 6.45) is 0.461. The lowest BCUT2D eigenvalue weighted by Gasteiger charge is -2.28. The number of alkyl halides is 2. The fraction of sp³-hybridized carbons (Fsp3) is 0.381. The number of hydrogen-bond acceptors (Lipinski definition) is 7. The third-order valence-electron chi connectivity index (χ3n) is 4.85. The molecule has 9 nitrogen and oxygen atoms in total. The number of carbonyl (C=O) groups is 2. The number of thioether (sulfide) groups is 1. The number of esters is 1. The van der Waals surface area contributed by atoms with Crippen molar-refractivity contribution in [3.8, 4) is 6.07 Å². The molecule has 1 aliphatic heterocycles. The number of amides is 2. The Morgan fingerprint density at radius 1 is 1.42 bits per heavy atom. The lowest BCUT2D eigenvalue weighted by molar-refractivity contribution is -0.139. The van der Waals surface area contributed by atoms with Crippen molar-refractivity contribution in [2.24, 2.45) is 0 Å². The molecule has 2 amide bonds. The van der Waals surface area contributed by atoms with Crippen molar-refractivity contribution in [3.05, 3.63) is 52.1 Å². The van der Waals surface area contributed by atoms with Gasteiger partial charge in [-0.3, -0.25) is 4.68 Å². The summed E-state index contributed by atoms with van der Waals surface area (Å²) < 4.78 is 33.3. The molecule has 0 aromatic carbocycles. The molecule has 33 heavy (non-hydrogen) atoms. The third kappa shape index (κ3) is 5.31. The highest BCUT2D eigenvalue weighted by atomic mass is 32.2. The molecule has 2 N–H and O–H groups in total. The molecule has 0 fully saturated rings. The fourth-order valence-electron chi connectivity index (χ4n) is 3.29. The minimum Gasteiger partial charge on any atom is -0.463 e. The predicted molar refractivity (Wildman–Crippen MR) is 115 cm³/mol. The molecule has 1 atom stereocenters. The molecule has 3 heterocycles. The summed E-state index contributed by atoms with van der Waals surface area (Å²) in [6, 6.07) is 1.79. The van der Waals surface area contributed by atoms with Crippen molar-refractivity contribution in [2.75, 3.05) is 12.4 Å². The molecule has 12 heteroatoms. The van der Waals surface area contributed by atoms with Gasteiger partial charge >= 0.3 is 12.0 Å². The molecule has 2 aromatic rings. The smallest absolute Gasteiger partial charge is 0.338 e. The van der Waals surface area contributed by atoms with E-state index in [-0.39, 0.29) is 34.2 Å². The number of nitriles is 1. The van der Waals surface area contributed by atoms with Crippen LogP contribution >= 0.6 is 11.8 Å². The summed E-state index contributed by atoms with van der Waals surface area (Å²) in [4.78, 5) is 29.1. The Morgan fingerprint density at radius 3 is 2.79 bits per heavy atom. The Labute approximate surface area is 193 Å². The van der Waals surface area contributed by atoms with Gasteiger partial charge in [0.05, 0.1) is 30.0 Å². The van der Waals surface area contributed by atoms with Crippen LogP contribution in [0.15, 0.2) is 34.8 Å². The zero-order valence-corrected chi connectivity index (χ0v) is 19.0. The Morgan fingerprint density at radius 2 is 2.18 bits per heavy atom. The normalized spacial score (nSPS) is 15.8. The first-order valence-corrected chi connectivity index (χ1v) is 11.1. The van der Waals surface area contributed by atoms with Crippen LogP contribution in [0.5, 0.6) is 0 Å². The van der Waals surface area contributed by atoms with E-state index in [9.17, 15) is 23.6 Å². The number of ether oxygens (including phenoxy) is 1. The van der Waals surface area contributed by atoms with E-state index in [4.69, 9.17) is 4.74 Å². The summed E-state index contributed by atoms with van der Waals surface area (Å²) in [5.41, 5.74) is 1.06. The highest BCUT2D eigenvalue weighted by molar-refractivity contribution is 7.99. The lowest BCUT2D eigenvalue weighted by Crippen LogP contribution is -2.46. The standard InChI is InChI=1S/C21H22F2N6O3S/c1-4-29-9-12(8-25-29)17-16(20(30)32-5-2)15(27-21(31)28-17)10-33-19-13(7-24)11(3)6-14(26-19)18(22)23/h6,8-9,17-18H,4-5,10H2,1-3H3,(H2,27,28,31). The first-order chi connectivity index (χ1) is 15.8. The van der Waals surface area contributed by atoms with E-state index in [2.05, 4.69) is 20.7 Å². The zero-order valence-electron chi connectivity index (χ0n) is 18.2. The third-order valence-corrected chi connectivity index (χ3v) is 5.85. The second-order valence-corrected chi connectivity index (χ2v) is 7.98.